The van der Waals surface area contributed by atoms with Crippen LogP contribution >= 0.6 is 15.9 Å². The number of aromatic nitrogens is 4. The van der Waals surface area contributed by atoms with Gasteiger partial charge in [-0.3, -0.25) is 4.79 Å². The van der Waals surface area contributed by atoms with Gasteiger partial charge in [0.15, 0.2) is 18.3 Å². The van der Waals surface area contributed by atoms with Gasteiger partial charge in [-0.1, -0.05) is 55.4 Å². The first kappa shape index (κ1) is 62.1. The smallest absolute Gasteiger partial charge is 0.311 e. The third kappa shape index (κ3) is 14.1. The number of alkyl halides is 1. The van der Waals surface area contributed by atoms with E-state index in [-0.39, 0.29) is 25.2 Å². The highest BCUT2D eigenvalue weighted by atomic mass is 79.9. The van der Waals surface area contributed by atoms with Gasteiger partial charge in [-0.05, 0) is 109 Å². The Morgan fingerprint density at radius 2 is 1.67 bits per heavy atom. The normalized spacial score (nSPS) is 38.6. The maximum Gasteiger partial charge on any atom is 0.311 e. The van der Waals surface area contributed by atoms with E-state index in [1.165, 1.54) is 25.8 Å². The molecule has 3 saturated heterocycles. The standard InChI is InChI=1S/C54H86BrFN6O14/c1-15-41-54(10,68)47(64)33(6)61(12)27-29(2)24-52(8,67)49(31(4)45(32(5)50(66)73-41)74-43-25-53(9,70-14)48(65)34(7)72-43)75-51-44(63)38(22-30(3)71-51)60(11)21-20-37-28-62(59-57-37)39(26-56)46(69-13)36-18-16-35(17-19-36)40-23-42(55)58-76-40/h16-19,23,28-34,38-39,41,43-49,51,63-65,67-68H,15,20-22,24-27H2,1-14H3/t29-,30-,31+,32-,33-,34+,38+,39-,41-,43+,44-,45+,46-,47-,48+,49-,51+,52-,53-,54-/m1/s1. The van der Waals surface area contributed by atoms with Gasteiger partial charge in [0.2, 0.25) is 0 Å². The number of hydrogen-bond acceptors (Lipinski definition) is 19. The van der Waals surface area contributed by atoms with Crippen molar-refractivity contribution in [1.29, 1.82) is 0 Å². The van der Waals surface area contributed by atoms with Crippen molar-refractivity contribution in [2.75, 3.05) is 48.1 Å². The first-order valence-electron chi connectivity index (χ1n) is 26.7. The highest BCUT2D eigenvalue weighted by Gasteiger charge is 2.53. The van der Waals surface area contributed by atoms with Gasteiger partial charge in [-0.15, -0.1) is 5.10 Å². The average molecular weight is 1140 g/mol. The number of carbonyl (C=O) groups is 1. The lowest BCUT2D eigenvalue weighted by Gasteiger charge is -2.49. The van der Waals surface area contributed by atoms with E-state index in [9.17, 15) is 34.7 Å². The molecule has 76 heavy (non-hydrogen) atoms. The molecular weight excluding hydrogens is 1060 g/mol. The largest absolute Gasteiger partial charge is 0.459 e. The Kier molecular flexibility index (Phi) is 21.3. The predicted molar refractivity (Wildman–Crippen MR) is 281 cm³/mol. The number of esters is 1. The maximum atomic E-state index is 14.9. The molecule has 3 aliphatic heterocycles. The van der Waals surface area contributed by atoms with E-state index < -0.39 is 127 Å². The van der Waals surface area contributed by atoms with Crippen LogP contribution in [0.2, 0.25) is 0 Å². The van der Waals surface area contributed by atoms with E-state index in [2.05, 4.69) is 31.4 Å². The van der Waals surface area contributed by atoms with Crippen LogP contribution in [0, 0.1) is 17.8 Å². The van der Waals surface area contributed by atoms with Crippen LogP contribution in [-0.4, -0.2) is 200 Å². The number of ether oxygens (including phenoxy) is 7. The second-order valence-corrected chi connectivity index (χ2v) is 23.4. The third-order valence-corrected chi connectivity index (χ3v) is 16.9. The summed E-state index contributed by atoms with van der Waals surface area (Å²) in [7, 11) is 6.72. The molecule has 0 unspecified atom stereocenters. The van der Waals surface area contributed by atoms with Crippen molar-refractivity contribution in [3.8, 4) is 11.3 Å². The Bertz CT molecular complexity index is 2290. The summed E-state index contributed by atoms with van der Waals surface area (Å²) in [5.74, 6) is -2.32. The van der Waals surface area contributed by atoms with Crippen LogP contribution in [-0.2, 0) is 44.4 Å². The number of nitrogens with zero attached hydrogens (tertiary/aromatic N) is 6. The molecule has 6 rings (SSSR count). The SMILES string of the molecule is CC[C@H]1OC(=O)[C@H](C)[C@@H](O[C@H]2C[C@@](C)(OC)[C@@H](O)[C@H](C)O2)[C@H](C)[C@@H](O[C@@H]2O[C@H](C)C[C@H](N(C)CCc3cn([C@H](CF)[C@H](OC)c4ccc(-c5cc(Br)no5)cc4)nn3)[C@H]2O)[C@](C)(O)C[C@@H](C)CN(C)[C@H](C)[C@@H](O)[C@]1(C)O. The fourth-order valence-electron chi connectivity index (χ4n) is 11.7. The van der Waals surface area contributed by atoms with Crippen LogP contribution in [0.3, 0.4) is 0 Å². The molecular formula is C54H86BrFN6O14. The van der Waals surface area contributed by atoms with Gasteiger partial charge < -0.3 is 73.0 Å². The Morgan fingerprint density at radius 1 is 0.987 bits per heavy atom. The Morgan fingerprint density at radius 3 is 2.28 bits per heavy atom. The van der Waals surface area contributed by atoms with Crippen molar-refractivity contribution >= 4 is 21.9 Å². The topological polar surface area (TPSA) is 246 Å². The molecule has 0 aliphatic carbocycles. The monoisotopic (exact) mass is 1140 g/mol. The van der Waals surface area contributed by atoms with Crippen LogP contribution < -0.4 is 0 Å². The van der Waals surface area contributed by atoms with E-state index in [4.69, 9.17) is 37.7 Å². The van der Waals surface area contributed by atoms with E-state index in [1.54, 1.807) is 60.7 Å². The summed E-state index contributed by atoms with van der Waals surface area (Å²) in [6, 6.07) is 7.24. The molecule has 2 aromatic heterocycles. The number of methoxy groups -OCH3 is 2. The second-order valence-electron chi connectivity index (χ2n) is 22.6. The number of cyclic esters (lactones) is 1. The molecule has 3 fully saturated rings. The second kappa shape index (κ2) is 26.0. The summed E-state index contributed by atoms with van der Waals surface area (Å²) < 4.78 is 66.5. The van der Waals surface area contributed by atoms with E-state index >= 15 is 0 Å². The number of likely N-dealkylation sites (N-methyl/N-ethyl adjacent to an activating group) is 2. The number of carbonyl (C=O) groups excluding carboxylic acids is 1. The van der Waals surface area contributed by atoms with Gasteiger partial charge in [0, 0.05) is 76.0 Å². The van der Waals surface area contributed by atoms with Gasteiger partial charge in [0.25, 0.3) is 0 Å². The minimum atomic E-state index is -1.86. The van der Waals surface area contributed by atoms with Crippen molar-refractivity contribution in [3.05, 3.63) is 52.4 Å². The molecule has 430 valence electrons. The summed E-state index contributed by atoms with van der Waals surface area (Å²) >= 11 is 3.30. The van der Waals surface area contributed by atoms with Crippen LogP contribution in [0.5, 0.6) is 0 Å². The zero-order valence-electron chi connectivity index (χ0n) is 46.8. The minimum absolute atomic E-state index is 0.0805. The van der Waals surface area contributed by atoms with Gasteiger partial charge in [-0.25, -0.2) is 9.07 Å². The summed E-state index contributed by atoms with van der Waals surface area (Å²) in [5.41, 5.74) is -2.48. The van der Waals surface area contributed by atoms with E-state index in [1.807, 2.05) is 62.0 Å². The molecule has 3 aliphatic rings. The Labute approximate surface area is 455 Å². The minimum Gasteiger partial charge on any atom is -0.459 e. The fourth-order valence-corrected chi connectivity index (χ4v) is 12.0. The zero-order chi connectivity index (χ0) is 56.2. The highest BCUT2D eigenvalue weighted by molar-refractivity contribution is 9.10. The van der Waals surface area contributed by atoms with Crippen molar-refractivity contribution in [1.82, 2.24) is 30.0 Å². The van der Waals surface area contributed by atoms with E-state index in [0.29, 0.717) is 42.0 Å². The predicted octanol–water partition coefficient (Wildman–Crippen LogP) is 5.42. The first-order valence-corrected chi connectivity index (χ1v) is 27.5. The molecule has 0 amide bonds. The molecule has 0 spiro atoms. The number of rotatable bonds is 16. The maximum absolute atomic E-state index is 14.9. The lowest BCUT2D eigenvalue weighted by atomic mass is 9.77. The first-order chi connectivity index (χ1) is 35.7. The Hall–Kier alpha value is -3.07. The molecule has 20 nitrogen and oxygen atoms in total. The molecule has 20 atom stereocenters. The third-order valence-electron chi connectivity index (χ3n) is 16.5. The average Bonchev–Trinajstić information content (AvgIpc) is 4.04. The van der Waals surface area contributed by atoms with Crippen LogP contribution in [0.1, 0.15) is 118 Å². The quantitative estimate of drug-likeness (QED) is 0.112. The summed E-state index contributed by atoms with van der Waals surface area (Å²) in [5, 5.41) is 72.5. The zero-order valence-corrected chi connectivity index (χ0v) is 48.4. The van der Waals surface area contributed by atoms with Crippen molar-refractivity contribution < 1.29 is 72.4 Å². The highest BCUT2D eigenvalue weighted by Crippen LogP contribution is 2.41. The number of aliphatic hydroxyl groups excluding tert-OH is 3. The number of hydrogen-bond donors (Lipinski definition) is 5. The van der Waals surface area contributed by atoms with Gasteiger partial charge >= 0.3 is 5.97 Å². The molecule has 5 N–H and O–H groups in total. The number of halogens is 2. The van der Waals surface area contributed by atoms with Crippen LogP contribution in [0.25, 0.3) is 11.3 Å². The van der Waals surface area contributed by atoms with Gasteiger partial charge in [-0.2, -0.15) is 0 Å². The van der Waals surface area contributed by atoms with Crippen molar-refractivity contribution in [3.63, 3.8) is 0 Å². The summed E-state index contributed by atoms with van der Waals surface area (Å²) in [4.78, 5) is 18.4. The lowest BCUT2D eigenvalue weighted by molar-refractivity contribution is -0.318. The van der Waals surface area contributed by atoms with E-state index in [0.717, 1.165) is 11.1 Å². The summed E-state index contributed by atoms with van der Waals surface area (Å²) in [6.07, 6.45) is -8.11. The molecule has 0 saturated carbocycles. The molecule has 5 heterocycles. The molecule has 22 heteroatoms. The molecule has 3 aromatic rings. The van der Waals surface area contributed by atoms with Crippen molar-refractivity contribution in [2.24, 2.45) is 17.8 Å². The van der Waals surface area contributed by atoms with Gasteiger partial charge in [0.05, 0.1) is 47.2 Å². The Balaban J connectivity index is 1.25. The van der Waals surface area contributed by atoms with Gasteiger partial charge in [0.1, 0.15) is 53.4 Å². The molecule has 0 radical (unpaired) electrons. The fraction of sp³-hybridized carbons (Fsp3) is 0.778. The van der Waals surface area contributed by atoms with Crippen LogP contribution in [0.15, 0.2) is 45.7 Å². The number of benzene rings is 1. The molecule has 0 bridgehead atoms. The summed E-state index contributed by atoms with van der Waals surface area (Å²) in [6.45, 7) is 17.4. The van der Waals surface area contributed by atoms with Crippen LogP contribution in [0.4, 0.5) is 4.39 Å². The lowest BCUT2D eigenvalue weighted by Crippen LogP contribution is -2.61. The number of aliphatic hydroxyl groups is 5. The van der Waals surface area contributed by atoms with Crippen molar-refractivity contribution in [2.45, 2.75) is 204 Å². The molecule has 1 aromatic carbocycles.